The number of nitrogens with two attached hydrogens (primary N) is 1. The van der Waals surface area contributed by atoms with Crippen molar-refractivity contribution in [1.29, 1.82) is 0 Å². The number of hydrogen-bond donors (Lipinski definition) is 1. The first-order chi connectivity index (χ1) is 10.1. The lowest BCUT2D eigenvalue weighted by Gasteiger charge is -2.20. The molecule has 7 heteroatoms. The summed E-state index contributed by atoms with van der Waals surface area (Å²) in [6.45, 7) is 3.00. The Bertz CT molecular complexity index is 709. The Hall–Kier alpha value is -1.53. The zero-order valence-corrected chi connectivity index (χ0v) is 13.7. The number of aryl methyl sites for hydroxylation is 1. The Kier molecular flexibility index (Phi) is 3.91. The second-order valence-electron chi connectivity index (χ2n) is 4.53. The van der Waals surface area contributed by atoms with E-state index < -0.39 is 0 Å². The summed E-state index contributed by atoms with van der Waals surface area (Å²) >= 11 is 9.64. The lowest BCUT2D eigenvalue weighted by atomic mass is 10.1. The lowest BCUT2D eigenvalue weighted by molar-refractivity contribution is 0.172. The van der Waals surface area contributed by atoms with E-state index in [1.54, 1.807) is 6.07 Å². The van der Waals surface area contributed by atoms with Gasteiger partial charge in [0.25, 0.3) is 0 Å². The number of nitrogen functional groups attached to an aromatic ring is 1. The minimum atomic E-state index is 0.405. The number of ether oxygens (including phenoxy) is 2. The van der Waals surface area contributed by atoms with E-state index in [0.29, 0.717) is 41.4 Å². The van der Waals surface area contributed by atoms with Gasteiger partial charge in [0.1, 0.15) is 19.0 Å². The van der Waals surface area contributed by atoms with Gasteiger partial charge in [-0.15, -0.1) is 0 Å². The van der Waals surface area contributed by atoms with Crippen LogP contribution in [0.1, 0.15) is 12.6 Å². The molecular weight excluding hydrogens is 358 g/mol. The Morgan fingerprint density at radius 3 is 2.81 bits per heavy atom. The van der Waals surface area contributed by atoms with Crippen LogP contribution in [0.15, 0.2) is 16.6 Å². The van der Waals surface area contributed by atoms with E-state index in [1.807, 2.05) is 13.0 Å². The highest BCUT2D eigenvalue weighted by molar-refractivity contribution is 9.10. The van der Waals surface area contributed by atoms with E-state index in [9.17, 15) is 0 Å². The number of halogens is 2. The van der Waals surface area contributed by atoms with Crippen molar-refractivity contribution >= 4 is 33.3 Å². The predicted molar refractivity (Wildman–Crippen MR) is 85.0 cm³/mol. The van der Waals surface area contributed by atoms with Gasteiger partial charge in [-0.2, -0.15) is 0 Å². The maximum absolute atomic E-state index is 6.24. The molecule has 110 valence electrons. The first kappa shape index (κ1) is 14.4. The zero-order chi connectivity index (χ0) is 15.0. The molecule has 0 aliphatic carbocycles. The van der Waals surface area contributed by atoms with Gasteiger partial charge in [0.2, 0.25) is 0 Å². The van der Waals surface area contributed by atoms with E-state index in [0.717, 1.165) is 22.2 Å². The van der Waals surface area contributed by atoms with Crippen molar-refractivity contribution < 1.29 is 9.47 Å². The minimum Gasteiger partial charge on any atom is -0.486 e. The maximum atomic E-state index is 6.24. The standard InChI is InChI=1S/C14H13BrClN3O2/c1-2-9-11(15)13(17)19-14(18-9)7-5-8(16)12-10(6-7)20-3-4-21-12/h5-6H,2-4H2,1H3,(H2,17,18,19). The molecule has 0 radical (unpaired) electrons. The summed E-state index contributed by atoms with van der Waals surface area (Å²) in [6.07, 6.45) is 0.749. The number of benzene rings is 1. The molecule has 2 N–H and O–H groups in total. The average molecular weight is 371 g/mol. The SMILES string of the molecule is CCc1nc(-c2cc(Cl)c3c(c2)OCCO3)nc(N)c1Br. The molecule has 0 spiro atoms. The summed E-state index contributed by atoms with van der Waals surface area (Å²) in [7, 11) is 0. The van der Waals surface area contributed by atoms with Crippen molar-refractivity contribution in [1.82, 2.24) is 9.97 Å². The van der Waals surface area contributed by atoms with Crippen LogP contribution in [-0.2, 0) is 6.42 Å². The molecule has 21 heavy (non-hydrogen) atoms. The molecule has 0 atom stereocenters. The Morgan fingerprint density at radius 1 is 1.29 bits per heavy atom. The molecule has 3 rings (SSSR count). The van der Waals surface area contributed by atoms with Crippen LogP contribution in [0.4, 0.5) is 5.82 Å². The summed E-state index contributed by atoms with van der Waals surface area (Å²) in [4.78, 5) is 8.83. The van der Waals surface area contributed by atoms with Crippen LogP contribution < -0.4 is 15.2 Å². The van der Waals surface area contributed by atoms with Crippen molar-refractivity contribution in [3.8, 4) is 22.9 Å². The van der Waals surface area contributed by atoms with Gasteiger partial charge in [-0.05, 0) is 34.5 Å². The topological polar surface area (TPSA) is 70.3 Å². The molecule has 0 amide bonds. The number of fused-ring (bicyclic) bond motifs is 1. The van der Waals surface area contributed by atoms with Gasteiger partial charge in [0.05, 0.1) is 15.2 Å². The van der Waals surface area contributed by atoms with Gasteiger partial charge in [-0.1, -0.05) is 18.5 Å². The van der Waals surface area contributed by atoms with Crippen LogP contribution in [0.25, 0.3) is 11.4 Å². The number of nitrogens with zero attached hydrogens (tertiary/aromatic N) is 2. The van der Waals surface area contributed by atoms with E-state index in [4.69, 9.17) is 26.8 Å². The van der Waals surface area contributed by atoms with Crippen molar-refractivity contribution in [2.24, 2.45) is 0 Å². The second kappa shape index (κ2) is 5.69. The molecule has 2 heterocycles. The molecule has 1 aliphatic rings. The number of hydrogen-bond acceptors (Lipinski definition) is 5. The van der Waals surface area contributed by atoms with Crippen molar-refractivity contribution in [2.45, 2.75) is 13.3 Å². The molecule has 0 fully saturated rings. The first-order valence-corrected chi connectivity index (χ1v) is 7.68. The number of anilines is 1. The van der Waals surface area contributed by atoms with E-state index >= 15 is 0 Å². The third-order valence-corrected chi connectivity index (χ3v) is 4.28. The Labute approximate surface area is 135 Å². The average Bonchev–Trinajstić information content (AvgIpc) is 2.50. The van der Waals surface area contributed by atoms with Crippen LogP contribution in [0.2, 0.25) is 5.02 Å². The van der Waals surface area contributed by atoms with Gasteiger partial charge >= 0.3 is 0 Å². The quantitative estimate of drug-likeness (QED) is 0.876. The molecule has 0 bridgehead atoms. The molecule has 0 unspecified atom stereocenters. The van der Waals surface area contributed by atoms with Crippen LogP contribution in [0, 0.1) is 0 Å². The molecule has 0 saturated carbocycles. The second-order valence-corrected chi connectivity index (χ2v) is 5.73. The highest BCUT2D eigenvalue weighted by atomic mass is 79.9. The van der Waals surface area contributed by atoms with Crippen LogP contribution in [-0.4, -0.2) is 23.2 Å². The van der Waals surface area contributed by atoms with Gasteiger partial charge in [-0.3, -0.25) is 0 Å². The summed E-state index contributed by atoms with van der Waals surface area (Å²) in [6, 6.07) is 3.58. The molecule has 1 aromatic heterocycles. The Morgan fingerprint density at radius 2 is 2.05 bits per heavy atom. The van der Waals surface area contributed by atoms with Crippen molar-refractivity contribution in [2.75, 3.05) is 18.9 Å². The highest BCUT2D eigenvalue weighted by Gasteiger charge is 2.19. The number of rotatable bonds is 2. The molecule has 2 aromatic rings. The van der Waals surface area contributed by atoms with E-state index in [2.05, 4.69) is 25.9 Å². The predicted octanol–water partition coefficient (Wildman–Crippen LogP) is 3.48. The number of aromatic nitrogens is 2. The summed E-state index contributed by atoms with van der Waals surface area (Å²) in [5.41, 5.74) is 7.52. The molecule has 5 nitrogen and oxygen atoms in total. The van der Waals surface area contributed by atoms with Crippen LogP contribution >= 0.6 is 27.5 Å². The summed E-state index contributed by atoms with van der Waals surface area (Å²) < 4.78 is 11.8. The summed E-state index contributed by atoms with van der Waals surface area (Å²) in [5, 5.41) is 0.477. The third kappa shape index (κ3) is 2.65. The monoisotopic (exact) mass is 369 g/mol. The normalized spacial score (nSPS) is 13.3. The minimum absolute atomic E-state index is 0.405. The fourth-order valence-corrected chi connectivity index (χ4v) is 2.84. The van der Waals surface area contributed by atoms with Gasteiger partial charge < -0.3 is 15.2 Å². The van der Waals surface area contributed by atoms with Crippen LogP contribution in [0.5, 0.6) is 11.5 Å². The summed E-state index contributed by atoms with van der Waals surface area (Å²) in [5.74, 6) is 2.09. The molecule has 0 saturated heterocycles. The lowest BCUT2D eigenvalue weighted by Crippen LogP contribution is -2.15. The van der Waals surface area contributed by atoms with E-state index in [1.165, 1.54) is 0 Å². The maximum Gasteiger partial charge on any atom is 0.179 e. The van der Waals surface area contributed by atoms with Crippen LogP contribution in [0.3, 0.4) is 0 Å². The van der Waals surface area contributed by atoms with Gasteiger partial charge in [0, 0.05) is 5.56 Å². The van der Waals surface area contributed by atoms with Gasteiger partial charge in [0.15, 0.2) is 17.3 Å². The highest BCUT2D eigenvalue weighted by Crippen LogP contribution is 2.40. The third-order valence-electron chi connectivity index (χ3n) is 3.14. The first-order valence-electron chi connectivity index (χ1n) is 6.51. The van der Waals surface area contributed by atoms with Gasteiger partial charge in [-0.25, -0.2) is 9.97 Å². The fraction of sp³-hybridized carbons (Fsp3) is 0.286. The largest absolute Gasteiger partial charge is 0.486 e. The molecule has 1 aliphatic heterocycles. The van der Waals surface area contributed by atoms with Crippen molar-refractivity contribution in [3.05, 3.63) is 27.3 Å². The smallest absolute Gasteiger partial charge is 0.179 e. The Balaban J connectivity index is 2.13. The molecular formula is C14H13BrClN3O2. The zero-order valence-electron chi connectivity index (χ0n) is 11.3. The fourth-order valence-electron chi connectivity index (χ4n) is 2.12. The van der Waals surface area contributed by atoms with Crippen molar-refractivity contribution in [3.63, 3.8) is 0 Å². The molecule has 1 aromatic carbocycles. The van der Waals surface area contributed by atoms with E-state index in [-0.39, 0.29) is 0 Å².